The van der Waals surface area contributed by atoms with Crippen LogP contribution in [0.2, 0.25) is 0 Å². The topological polar surface area (TPSA) is 68.2 Å². The molecule has 238 valence electrons. The number of para-hydroxylation sites is 2. The quantitative estimate of drug-likeness (QED) is 0.163. The van der Waals surface area contributed by atoms with E-state index in [0.717, 1.165) is 61.9 Å². The second-order valence-electron chi connectivity index (χ2n) is 10.7. The molecule has 1 aromatic carbocycles. The molecule has 7 heteroatoms. The molecule has 0 radical (unpaired) electrons. The first-order chi connectivity index (χ1) is 21.0. The molecule has 43 heavy (non-hydrogen) atoms. The number of nitrogens with two attached hydrogens (primary N) is 1. The minimum Gasteiger partial charge on any atom is -0.321 e. The van der Waals surface area contributed by atoms with Gasteiger partial charge in [0.1, 0.15) is 0 Å². The number of rotatable bonds is 15. The molecule has 0 aliphatic carbocycles. The number of fused-ring (bicyclic) bond motifs is 1. The van der Waals surface area contributed by atoms with Crippen molar-refractivity contribution in [3.8, 4) is 0 Å². The molecule has 3 rings (SSSR count). The van der Waals surface area contributed by atoms with E-state index in [0.29, 0.717) is 0 Å². The van der Waals surface area contributed by atoms with E-state index in [2.05, 4.69) is 66.9 Å². The average Bonchev–Trinajstić information content (AvgIpc) is 3.65. The van der Waals surface area contributed by atoms with Crippen LogP contribution in [0.3, 0.4) is 0 Å². The highest BCUT2D eigenvalue weighted by molar-refractivity contribution is 7.77. The first-order valence-electron chi connectivity index (χ1n) is 15.8. The molecule has 0 bridgehead atoms. The Morgan fingerprint density at radius 1 is 1.07 bits per heavy atom. The zero-order valence-electron chi connectivity index (χ0n) is 27.4. The molecule has 1 aliphatic heterocycles. The van der Waals surface area contributed by atoms with Crippen molar-refractivity contribution in [2.75, 3.05) is 33.2 Å². The van der Waals surface area contributed by atoms with E-state index >= 15 is 0 Å². The molecule has 2 aromatic rings. The van der Waals surface area contributed by atoms with E-state index < -0.39 is 0 Å². The molecule has 1 aromatic heterocycles. The summed E-state index contributed by atoms with van der Waals surface area (Å²) in [6.07, 6.45) is 20.5. The standard InChI is InChI=1S/C20H32N4O.C15H23N.CH2S/c1-3-17(11-12-21-2)24-19-10-5-4-9-18(19)23(20(24)25)16-8-15-22-13-6-7-14-22;1-5-9-12-13(8-4)15(16)14(10-6-2)11-7-3;1-2/h4-5,9-10,17,21H,3,6-8,11-16H2,1-2H3;5-7,9-12,15H,2,8,16H2,1,3-4H3;1H2/b;9-5-,11-7-,13-12+,14-10+;. The lowest BCUT2D eigenvalue weighted by Crippen LogP contribution is -2.30. The summed E-state index contributed by atoms with van der Waals surface area (Å²) in [4.78, 5) is 15.7. The van der Waals surface area contributed by atoms with Crippen molar-refractivity contribution in [3.63, 3.8) is 0 Å². The van der Waals surface area contributed by atoms with Gasteiger partial charge < -0.3 is 16.0 Å². The Bertz CT molecular complexity index is 1250. The predicted octanol–water partition coefficient (Wildman–Crippen LogP) is 7.38. The third kappa shape index (κ3) is 12.0. The van der Waals surface area contributed by atoms with Gasteiger partial charge in [-0.05, 0) is 115 Å². The van der Waals surface area contributed by atoms with Crippen molar-refractivity contribution in [3.05, 3.63) is 95.0 Å². The maximum atomic E-state index is 13.2. The van der Waals surface area contributed by atoms with Crippen LogP contribution in [0.15, 0.2) is 89.3 Å². The van der Waals surface area contributed by atoms with Gasteiger partial charge in [0.05, 0.1) is 17.1 Å². The van der Waals surface area contributed by atoms with E-state index in [1.54, 1.807) is 6.08 Å². The molecular formula is C36H57N5OS. The molecule has 1 saturated heterocycles. The van der Waals surface area contributed by atoms with Gasteiger partial charge in [0, 0.05) is 12.6 Å². The normalized spacial score (nSPS) is 15.8. The van der Waals surface area contributed by atoms with E-state index in [9.17, 15) is 4.79 Å². The van der Waals surface area contributed by atoms with Gasteiger partial charge in [-0.15, -0.1) is 0 Å². The minimum atomic E-state index is -0.0459. The molecule has 3 N–H and O–H groups in total. The van der Waals surface area contributed by atoms with E-state index in [1.807, 2.05) is 72.5 Å². The highest BCUT2D eigenvalue weighted by Crippen LogP contribution is 2.22. The fourth-order valence-corrected chi connectivity index (χ4v) is 5.55. The molecule has 0 saturated carbocycles. The fraction of sp³-hybridized carbons (Fsp3) is 0.500. The molecule has 1 aliphatic rings. The summed E-state index contributed by atoms with van der Waals surface area (Å²) in [5.74, 6) is 2.83. The summed E-state index contributed by atoms with van der Waals surface area (Å²) < 4.78 is 4.02. The number of benzene rings is 1. The first-order valence-corrected chi connectivity index (χ1v) is 16.4. The number of likely N-dealkylation sites (tertiary alicyclic amines) is 1. The number of aryl methyl sites for hydroxylation is 1. The summed E-state index contributed by atoms with van der Waals surface area (Å²) in [6, 6.07) is 8.47. The fourth-order valence-electron chi connectivity index (χ4n) is 5.55. The van der Waals surface area contributed by atoms with Crippen molar-refractivity contribution in [2.24, 2.45) is 5.73 Å². The Hall–Kier alpha value is -2.84. The second-order valence-corrected chi connectivity index (χ2v) is 10.7. The van der Waals surface area contributed by atoms with Gasteiger partial charge in [-0.3, -0.25) is 9.13 Å². The Balaban J connectivity index is 0.000000447. The van der Waals surface area contributed by atoms with Crippen molar-refractivity contribution in [1.29, 1.82) is 0 Å². The van der Waals surface area contributed by atoms with E-state index in [4.69, 9.17) is 5.73 Å². The van der Waals surface area contributed by atoms with Crippen molar-refractivity contribution in [2.45, 2.75) is 84.8 Å². The number of hydrogen-bond acceptors (Lipinski definition) is 5. The van der Waals surface area contributed by atoms with Gasteiger partial charge in [-0.2, -0.15) is 0 Å². The number of imidazole rings is 1. The van der Waals surface area contributed by atoms with Crippen molar-refractivity contribution >= 4 is 29.1 Å². The number of hydrogen-bond donors (Lipinski definition) is 2. The van der Waals surface area contributed by atoms with E-state index in [1.165, 1.54) is 31.5 Å². The summed E-state index contributed by atoms with van der Waals surface area (Å²) in [6.45, 7) is 17.3. The zero-order valence-corrected chi connectivity index (χ0v) is 28.2. The smallest absolute Gasteiger partial charge is 0.321 e. The van der Waals surface area contributed by atoms with Crippen LogP contribution in [-0.4, -0.2) is 59.2 Å². The summed E-state index contributed by atoms with van der Waals surface area (Å²) in [5.41, 5.74) is 10.9. The number of nitrogens with zero attached hydrogens (tertiary/aromatic N) is 3. The molecule has 2 unspecified atom stereocenters. The van der Waals surface area contributed by atoms with Crippen LogP contribution in [-0.2, 0) is 6.54 Å². The number of allylic oxidation sites excluding steroid dienone is 6. The largest absolute Gasteiger partial charge is 0.329 e. The molecule has 0 spiro atoms. The lowest BCUT2D eigenvalue weighted by Gasteiger charge is -2.16. The van der Waals surface area contributed by atoms with Crippen LogP contribution < -0.4 is 16.7 Å². The lowest BCUT2D eigenvalue weighted by molar-refractivity contribution is 0.324. The van der Waals surface area contributed by atoms with Gasteiger partial charge >= 0.3 is 5.69 Å². The molecule has 0 amide bonds. The van der Waals surface area contributed by atoms with Crippen LogP contribution in [0.5, 0.6) is 0 Å². The van der Waals surface area contributed by atoms with Crippen LogP contribution in [0.1, 0.15) is 72.3 Å². The number of nitrogens with one attached hydrogen (secondary N) is 1. The average molecular weight is 608 g/mol. The second kappa shape index (κ2) is 22.7. The summed E-state index contributed by atoms with van der Waals surface area (Å²) in [5, 5.41) is 3.21. The van der Waals surface area contributed by atoms with Crippen molar-refractivity contribution in [1.82, 2.24) is 19.4 Å². The van der Waals surface area contributed by atoms with Crippen LogP contribution in [0.4, 0.5) is 0 Å². The Morgan fingerprint density at radius 3 is 2.30 bits per heavy atom. The van der Waals surface area contributed by atoms with Gasteiger partial charge in [0.25, 0.3) is 0 Å². The minimum absolute atomic E-state index is 0.0459. The third-order valence-electron chi connectivity index (χ3n) is 7.83. The van der Waals surface area contributed by atoms with Gasteiger partial charge in [0.15, 0.2) is 0 Å². The van der Waals surface area contributed by atoms with Crippen LogP contribution >= 0.6 is 12.2 Å². The predicted molar refractivity (Wildman–Crippen MR) is 193 cm³/mol. The summed E-state index contributed by atoms with van der Waals surface area (Å²) >= 11 is 3.83. The highest BCUT2D eigenvalue weighted by Gasteiger charge is 2.19. The van der Waals surface area contributed by atoms with Gasteiger partial charge in [-0.25, -0.2) is 4.79 Å². The Morgan fingerprint density at radius 2 is 1.74 bits per heavy atom. The van der Waals surface area contributed by atoms with Crippen LogP contribution in [0, 0.1) is 0 Å². The van der Waals surface area contributed by atoms with Gasteiger partial charge in [0.2, 0.25) is 0 Å². The Labute approximate surface area is 266 Å². The molecule has 2 heterocycles. The lowest BCUT2D eigenvalue weighted by atomic mass is 9.96. The van der Waals surface area contributed by atoms with Crippen LogP contribution in [0.25, 0.3) is 11.0 Å². The maximum absolute atomic E-state index is 13.2. The molecule has 1 fully saturated rings. The van der Waals surface area contributed by atoms with Crippen molar-refractivity contribution < 1.29 is 0 Å². The monoisotopic (exact) mass is 607 g/mol. The zero-order chi connectivity index (χ0) is 32.0. The highest BCUT2D eigenvalue weighted by atomic mass is 32.1. The van der Waals surface area contributed by atoms with Gasteiger partial charge in [-0.1, -0.05) is 87.3 Å². The SMILES string of the molecule is C=C/C=C(\C=C/C)C(N)/C(=C/C=C\C)CC.C=S.CCC(CCNC)n1c(=O)n(CCCN2CCCC2)c2ccccc21. The molecule has 6 nitrogen and oxygen atoms in total. The first kappa shape index (κ1) is 38.2. The third-order valence-corrected chi connectivity index (χ3v) is 7.83. The molecule has 2 atom stereocenters. The Kier molecular flexibility index (Phi) is 20.1. The number of aromatic nitrogens is 2. The maximum Gasteiger partial charge on any atom is 0.329 e. The van der Waals surface area contributed by atoms with E-state index in [-0.39, 0.29) is 17.8 Å². The summed E-state index contributed by atoms with van der Waals surface area (Å²) in [7, 11) is 1.97. The molecular weight excluding hydrogens is 550 g/mol. The number of thiocarbonyl (C=S) groups is 1.